The third kappa shape index (κ3) is 3.77. The number of fused-ring (bicyclic) bond motifs is 1. The summed E-state index contributed by atoms with van der Waals surface area (Å²) in [5.74, 6) is 1.34. The first-order valence-corrected chi connectivity index (χ1v) is 9.37. The molecule has 5 nitrogen and oxygen atoms in total. The van der Waals surface area contributed by atoms with Gasteiger partial charge in [0, 0.05) is 17.8 Å². The summed E-state index contributed by atoms with van der Waals surface area (Å²) in [6.07, 6.45) is 2.26. The number of amides is 1. The van der Waals surface area contributed by atoms with Crippen molar-refractivity contribution in [2.75, 3.05) is 25.1 Å². The van der Waals surface area contributed by atoms with Crippen LogP contribution >= 0.6 is 0 Å². The first-order valence-electron chi connectivity index (χ1n) is 9.37. The van der Waals surface area contributed by atoms with E-state index in [1.807, 2.05) is 49.4 Å². The second-order valence-corrected chi connectivity index (χ2v) is 6.29. The van der Waals surface area contributed by atoms with E-state index in [0.717, 1.165) is 17.7 Å². The predicted molar refractivity (Wildman–Crippen MR) is 107 cm³/mol. The number of ether oxygens (including phenoxy) is 2. The lowest BCUT2D eigenvalue weighted by atomic mass is 10.0. The van der Waals surface area contributed by atoms with Gasteiger partial charge >= 0.3 is 0 Å². The van der Waals surface area contributed by atoms with Gasteiger partial charge in [0.25, 0.3) is 5.91 Å². The van der Waals surface area contributed by atoms with Crippen LogP contribution in [0.3, 0.4) is 0 Å². The van der Waals surface area contributed by atoms with E-state index in [0.29, 0.717) is 36.8 Å². The van der Waals surface area contributed by atoms with Gasteiger partial charge in [-0.15, -0.1) is 6.58 Å². The average Bonchev–Trinajstić information content (AvgIpc) is 2.69. The molecule has 1 heterocycles. The number of nitrogens with zero attached hydrogens (tertiary/aromatic N) is 1. The number of hydrogen-bond donors (Lipinski definition) is 1. The van der Waals surface area contributed by atoms with Gasteiger partial charge in [-0.25, -0.2) is 0 Å². The SMILES string of the molecule is C=CCN1C(=O)c2ccccc2NC1c1cccc(OCC)c1OCCC. The smallest absolute Gasteiger partial charge is 0.258 e. The lowest BCUT2D eigenvalue weighted by Crippen LogP contribution is -2.43. The highest BCUT2D eigenvalue weighted by Gasteiger charge is 2.34. The molecule has 0 bridgehead atoms. The van der Waals surface area contributed by atoms with Crippen molar-refractivity contribution in [3.63, 3.8) is 0 Å². The first kappa shape index (κ1) is 18.8. The number of carbonyl (C=O) groups excluding carboxylic acids is 1. The number of para-hydroxylation sites is 2. The lowest BCUT2D eigenvalue weighted by molar-refractivity contribution is 0.0704. The summed E-state index contributed by atoms with van der Waals surface area (Å²) in [5.41, 5.74) is 2.35. The molecule has 0 radical (unpaired) electrons. The second kappa shape index (κ2) is 8.62. The standard InChI is InChI=1S/C22H26N2O3/c1-4-14-24-21(23-18-12-8-7-10-16(18)22(24)25)17-11-9-13-19(26-6-3)20(17)27-15-5-2/h4,7-13,21,23H,1,5-6,14-15H2,2-3H3. The fourth-order valence-electron chi connectivity index (χ4n) is 3.24. The fourth-order valence-corrected chi connectivity index (χ4v) is 3.24. The van der Waals surface area contributed by atoms with Gasteiger partial charge in [0.1, 0.15) is 6.17 Å². The van der Waals surface area contributed by atoms with Gasteiger partial charge in [-0.3, -0.25) is 4.79 Å². The lowest BCUT2D eigenvalue weighted by Gasteiger charge is -2.38. The minimum atomic E-state index is -0.363. The van der Waals surface area contributed by atoms with Crippen LogP contribution in [0.5, 0.6) is 11.5 Å². The van der Waals surface area contributed by atoms with Gasteiger partial charge in [-0.05, 0) is 31.5 Å². The first-order chi connectivity index (χ1) is 13.2. The van der Waals surface area contributed by atoms with Gasteiger partial charge in [0.15, 0.2) is 11.5 Å². The quantitative estimate of drug-likeness (QED) is 0.692. The fraction of sp³-hybridized carbons (Fsp3) is 0.318. The summed E-state index contributed by atoms with van der Waals surface area (Å²) in [6, 6.07) is 13.3. The highest BCUT2D eigenvalue weighted by molar-refractivity contribution is 6.01. The maximum atomic E-state index is 13.1. The number of benzene rings is 2. The molecule has 142 valence electrons. The van der Waals surface area contributed by atoms with E-state index in [2.05, 4.69) is 18.8 Å². The van der Waals surface area contributed by atoms with Gasteiger partial charge in [-0.2, -0.15) is 0 Å². The van der Waals surface area contributed by atoms with Gasteiger partial charge in [0.2, 0.25) is 0 Å². The van der Waals surface area contributed by atoms with Crippen molar-refractivity contribution in [2.24, 2.45) is 0 Å². The molecule has 0 saturated heterocycles. The molecule has 0 aromatic heterocycles. The van der Waals surface area contributed by atoms with Gasteiger partial charge in [-0.1, -0.05) is 37.3 Å². The Bertz CT molecular complexity index is 819. The molecular weight excluding hydrogens is 340 g/mol. The largest absolute Gasteiger partial charge is 0.490 e. The Morgan fingerprint density at radius 3 is 2.70 bits per heavy atom. The highest BCUT2D eigenvalue weighted by atomic mass is 16.5. The van der Waals surface area contributed by atoms with Crippen molar-refractivity contribution < 1.29 is 14.3 Å². The van der Waals surface area contributed by atoms with Crippen LogP contribution in [0.25, 0.3) is 0 Å². The number of rotatable bonds is 8. The zero-order valence-corrected chi connectivity index (χ0v) is 15.9. The normalized spacial score (nSPS) is 15.7. The molecule has 3 rings (SSSR count). The molecule has 0 aliphatic carbocycles. The van der Waals surface area contributed by atoms with Crippen molar-refractivity contribution in [3.8, 4) is 11.5 Å². The molecule has 1 atom stereocenters. The van der Waals surface area contributed by atoms with Crippen LogP contribution in [0.4, 0.5) is 5.69 Å². The molecule has 1 amide bonds. The maximum absolute atomic E-state index is 13.1. The van der Waals surface area contributed by atoms with Crippen molar-refractivity contribution in [3.05, 3.63) is 66.2 Å². The summed E-state index contributed by atoms with van der Waals surface area (Å²) >= 11 is 0. The predicted octanol–water partition coefficient (Wildman–Crippen LogP) is 4.63. The van der Waals surface area contributed by atoms with E-state index in [1.165, 1.54) is 0 Å². The van der Waals surface area contributed by atoms with Crippen LogP contribution in [0, 0.1) is 0 Å². The molecule has 1 unspecified atom stereocenters. The van der Waals surface area contributed by atoms with E-state index in [9.17, 15) is 4.79 Å². The molecule has 1 aliphatic heterocycles. The van der Waals surface area contributed by atoms with Crippen LogP contribution in [-0.4, -0.2) is 30.6 Å². The molecule has 2 aromatic carbocycles. The molecule has 5 heteroatoms. The Hall–Kier alpha value is -2.95. The minimum Gasteiger partial charge on any atom is -0.490 e. The van der Waals surface area contributed by atoms with Crippen molar-refractivity contribution in [1.29, 1.82) is 0 Å². The molecule has 1 N–H and O–H groups in total. The number of hydrogen-bond acceptors (Lipinski definition) is 4. The van der Waals surface area contributed by atoms with Crippen LogP contribution in [-0.2, 0) is 0 Å². The molecule has 0 fully saturated rings. The molecule has 27 heavy (non-hydrogen) atoms. The van der Waals surface area contributed by atoms with Crippen LogP contribution < -0.4 is 14.8 Å². The minimum absolute atomic E-state index is 0.0301. The van der Waals surface area contributed by atoms with E-state index >= 15 is 0 Å². The Balaban J connectivity index is 2.08. The number of nitrogens with one attached hydrogen (secondary N) is 1. The Morgan fingerprint density at radius 2 is 1.96 bits per heavy atom. The van der Waals surface area contributed by atoms with Crippen LogP contribution in [0.15, 0.2) is 55.1 Å². The summed E-state index contributed by atoms with van der Waals surface area (Å²) < 4.78 is 11.8. The third-order valence-electron chi connectivity index (χ3n) is 4.40. The summed E-state index contributed by atoms with van der Waals surface area (Å²) in [4.78, 5) is 14.9. The topological polar surface area (TPSA) is 50.8 Å². The molecule has 2 aromatic rings. The van der Waals surface area contributed by atoms with Crippen molar-refractivity contribution in [1.82, 2.24) is 4.90 Å². The Morgan fingerprint density at radius 1 is 1.15 bits per heavy atom. The molecular formula is C22H26N2O3. The molecule has 1 aliphatic rings. The second-order valence-electron chi connectivity index (χ2n) is 6.29. The maximum Gasteiger partial charge on any atom is 0.258 e. The summed E-state index contributed by atoms with van der Waals surface area (Å²) in [6.45, 7) is 9.37. The third-order valence-corrected chi connectivity index (χ3v) is 4.40. The van der Waals surface area contributed by atoms with Crippen molar-refractivity contribution in [2.45, 2.75) is 26.4 Å². The van der Waals surface area contributed by atoms with Crippen LogP contribution in [0.1, 0.15) is 42.4 Å². The average molecular weight is 366 g/mol. The summed E-state index contributed by atoms with van der Waals surface area (Å²) in [5, 5.41) is 3.49. The monoisotopic (exact) mass is 366 g/mol. The van der Waals surface area contributed by atoms with E-state index < -0.39 is 0 Å². The van der Waals surface area contributed by atoms with Crippen molar-refractivity contribution >= 4 is 11.6 Å². The number of carbonyl (C=O) groups is 1. The zero-order valence-electron chi connectivity index (χ0n) is 15.9. The van der Waals surface area contributed by atoms with Crippen LogP contribution in [0.2, 0.25) is 0 Å². The Kier molecular flexibility index (Phi) is 6.01. The highest BCUT2D eigenvalue weighted by Crippen LogP contribution is 2.41. The molecule has 0 spiro atoms. The Labute approximate surface area is 160 Å². The molecule has 0 saturated carbocycles. The van der Waals surface area contributed by atoms with E-state index in [4.69, 9.17) is 9.47 Å². The number of anilines is 1. The van der Waals surface area contributed by atoms with E-state index in [-0.39, 0.29) is 12.1 Å². The van der Waals surface area contributed by atoms with Gasteiger partial charge in [0.05, 0.1) is 18.8 Å². The van der Waals surface area contributed by atoms with E-state index in [1.54, 1.807) is 11.0 Å². The zero-order chi connectivity index (χ0) is 19.2. The summed E-state index contributed by atoms with van der Waals surface area (Å²) in [7, 11) is 0. The van der Waals surface area contributed by atoms with Gasteiger partial charge < -0.3 is 19.7 Å².